The monoisotopic (exact) mass is 347 g/mol. The van der Waals surface area contributed by atoms with Crippen molar-refractivity contribution in [1.29, 1.82) is 0 Å². The highest BCUT2D eigenvalue weighted by molar-refractivity contribution is 7.99. The van der Waals surface area contributed by atoms with Gasteiger partial charge in [0.05, 0.1) is 17.6 Å². The first kappa shape index (κ1) is 15.1. The maximum absolute atomic E-state index is 12.2. The number of anilines is 1. The largest absolute Gasteiger partial charge is 0.359 e. The molecule has 0 radical (unpaired) electrons. The fourth-order valence-corrected chi connectivity index (χ4v) is 5.47. The summed E-state index contributed by atoms with van der Waals surface area (Å²) in [6.07, 6.45) is 1.85. The van der Waals surface area contributed by atoms with Gasteiger partial charge in [0.2, 0.25) is 20.1 Å². The Bertz CT molecular complexity index is 686. The van der Waals surface area contributed by atoms with E-state index in [-0.39, 0.29) is 5.75 Å². The van der Waals surface area contributed by atoms with E-state index in [1.807, 2.05) is 13.1 Å². The number of fused-ring (bicyclic) bond motifs is 1. The van der Waals surface area contributed by atoms with Crippen LogP contribution in [0.5, 0.6) is 0 Å². The van der Waals surface area contributed by atoms with Gasteiger partial charge in [0.1, 0.15) is 0 Å². The van der Waals surface area contributed by atoms with Crippen LogP contribution >= 0.6 is 23.1 Å². The predicted octanol–water partition coefficient (Wildman–Crippen LogP) is 0.890. The first-order valence-electron chi connectivity index (χ1n) is 6.67. The number of aryl methyl sites for hydroxylation is 1. The second-order valence-corrected chi connectivity index (χ2v) is 9.04. The molecule has 0 atom stereocenters. The fourth-order valence-electron chi connectivity index (χ4n) is 2.12. The van der Waals surface area contributed by atoms with Crippen LogP contribution < -0.4 is 5.32 Å². The Hall–Kier alpha value is -0.840. The lowest BCUT2D eigenvalue weighted by atomic mass is 10.6. The number of aromatic nitrogens is 3. The van der Waals surface area contributed by atoms with E-state index in [9.17, 15) is 8.42 Å². The van der Waals surface area contributed by atoms with E-state index in [0.29, 0.717) is 24.8 Å². The van der Waals surface area contributed by atoms with Crippen molar-refractivity contribution in [3.63, 3.8) is 0 Å². The quantitative estimate of drug-likeness (QED) is 0.865. The van der Waals surface area contributed by atoms with Crippen LogP contribution in [-0.4, -0.2) is 64.2 Å². The third-order valence-corrected chi connectivity index (χ3v) is 6.86. The highest BCUT2D eigenvalue weighted by Crippen LogP contribution is 2.19. The summed E-state index contributed by atoms with van der Waals surface area (Å²) in [5.74, 6) is 1.87. The summed E-state index contributed by atoms with van der Waals surface area (Å²) in [6.45, 7) is 3.52. The number of sulfonamides is 1. The van der Waals surface area contributed by atoms with Gasteiger partial charge in [-0.1, -0.05) is 11.3 Å². The maximum Gasteiger partial charge on any atom is 0.215 e. The Balaban J connectivity index is 1.56. The van der Waals surface area contributed by atoms with Crippen molar-refractivity contribution in [2.45, 2.75) is 6.92 Å². The van der Waals surface area contributed by atoms with Crippen LogP contribution in [0.3, 0.4) is 0 Å². The zero-order valence-corrected chi connectivity index (χ0v) is 14.1. The number of nitrogens with zero attached hydrogens (tertiary/aromatic N) is 4. The molecule has 1 saturated heterocycles. The number of imidazole rings is 1. The van der Waals surface area contributed by atoms with Gasteiger partial charge in [-0.25, -0.2) is 22.2 Å². The van der Waals surface area contributed by atoms with Crippen LogP contribution in [0.1, 0.15) is 5.69 Å². The van der Waals surface area contributed by atoms with Crippen molar-refractivity contribution >= 4 is 43.2 Å². The van der Waals surface area contributed by atoms with Crippen LogP contribution in [0.2, 0.25) is 0 Å². The van der Waals surface area contributed by atoms with E-state index in [4.69, 9.17) is 0 Å². The normalized spacial score (nSPS) is 17.4. The van der Waals surface area contributed by atoms with Gasteiger partial charge in [-0.05, 0) is 6.92 Å². The molecule has 0 saturated carbocycles. The van der Waals surface area contributed by atoms with Gasteiger partial charge >= 0.3 is 0 Å². The summed E-state index contributed by atoms with van der Waals surface area (Å²) in [5.41, 5.74) is 0.922. The molecule has 0 aliphatic carbocycles. The lowest BCUT2D eigenvalue weighted by Gasteiger charge is -2.25. The summed E-state index contributed by atoms with van der Waals surface area (Å²) in [7, 11) is -3.16. The molecule has 116 valence electrons. The summed E-state index contributed by atoms with van der Waals surface area (Å²) in [4.78, 5) is 5.13. The molecule has 10 heteroatoms. The fraction of sp³-hybridized carbons (Fsp3) is 0.636. The second-order valence-electron chi connectivity index (χ2n) is 4.77. The zero-order valence-electron chi connectivity index (χ0n) is 11.7. The molecule has 0 unspecified atom stereocenters. The first-order valence-corrected chi connectivity index (χ1v) is 10.2. The third kappa shape index (κ3) is 3.50. The number of thioether (sulfide) groups is 1. The highest BCUT2D eigenvalue weighted by Gasteiger charge is 2.23. The Morgan fingerprint density at radius 3 is 2.86 bits per heavy atom. The Labute approximate surface area is 131 Å². The Kier molecular flexibility index (Phi) is 4.38. The lowest BCUT2D eigenvalue weighted by molar-refractivity contribution is 0.444. The van der Waals surface area contributed by atoms with Gasteiger partial charge in [0.15, 0.2) is 0 Å². The highest BCUT2D eigenvalue weighted by atomic mass is 32.2. The van der Waals surface area contributed by atoms with Gasteiger partial charge < -0.3 is 5.32 Å². The minimum Gasteiger partial charge on any atom is -0.359 e. The molecule has 1 fully saturated rings. The van der Waals surface area contributed by atoms with Gasteiger partial charge in [0, 0.05) is 31.1 Å². The standard InChI is InChI=1S/C11H17N5O2S3/c1-9-8-16-11(13-9)20-10(14-16)12-2-7-21(17,18)15-3-5-19-6-4-15/h8H,2-7H2,1H3,(H,12,14). The van der Waals surface area contributed by atoms with Crippen LogP contribution in [0.4, 0.5) is 5.13 Å². The summed E-state index contributed by atoms with van der Waals surface area (Å²) in [6, 6.07) is 0. The summed E-state index contributed by atoms with van der Waals surface area (Å²) >= 11 is 3.22. The SMILES string of the molecule is Cc1cn2nc(NCCS(=O)(=O)N3CCSCC3)sc2n1. The van der Waals surface area contributed by atoms with Crippen LogP contribution in [0, 0.1) is 6.92 Å². The van der Waals surface area contributed by atoms with E-state index in [0.717, 1.165) is 22.2 Å². The molecule has 2 aromatic rings. The molecule has 0 spiro atoms. The number of hydrogen-bond donors (Lipinski definition) is 1. The molecule has 0 bridgehead atoms. The number of rotatable bonds is 5. The average Bonchev–Trinajstić information content (AvgIpc) is 2.96. The molecule has 3 rings (SSSR count). The molecule has 2 aromatic heterocycles. The van der Waals surface area contributed by atoms with E-state index < -0.39 is 10.0 Å². The maximum atomic E-state index is 12.2. The van der Waals surface area contributed by atoms with Crippen molar-refractivity contribution in [2.24, 2.45) is 0 Å². The topological polar surface area (TPSA) is 79.6 Å². The number of nitrogens with one attached hydrogen (secondary N) is 1. The van der Waals surface area contributed by atoms with Gasteiger partial charge in [-0.3, -0.25) is 0 Å². The van der Waals surface area contributed by atoms with E-state index >= 15 is 0 Å². The lowest BCUT2D eigenvalue weighted by Crippen LogP contribution is -2.40. The van der Waals surface area contributed by atoms with Gasteiger partial charge in [0.25, 0.3) is 0 Å². The zero-order chi connectivity index (χ0) is 14.9. The molecule has 0 amide bonds. The Morgan fingerprint density at radius 2 is 2.14 bits per heavy atom. The molecular weight excluding hydrogens is 330 g/mol. The second kappa shape index (κ2) is 6.11. The molecule has 1 N–H and O–H groups in total. The minimum absolute atomic E-state index is 0.0958. The summed E-state index contributed by atoms with van der Waals surface area (Å²) in [5, 5.41) is 8.08. The van der Waals surface area contributed by atoms with Crippen molar-refractivity contribution in [1.82, 2.24) is 18.9 Å². The van der Waals surface area contributed by atoms with Gasteiger partial charge in [-0.15, -0.1) is 5.10 Å². The molecule has 0 aromatic carbocycles. The van der Waals surface area contributed by atoms with E-state index in [2.05, 4.69) is 15.4 Å². The van der Waals surface area contributed by atoms with E-state index in [1.165, 1.54) is 11.3 Å². The van der Waals surface area contributed by atoms with Crippen molar-refractivity contribution in [2.75, 3.05) is 42.2 Å². The smallest absolute Gasteiger partial charge is 0.215 e. The molecule has 1 aliphatic rings. The number of hydrogen-bond acceptors (Lipinski definition) is 7. The molecular formula is C11H17N5O2S3. The van der Waals surface area contributed by atoms with Crippen LogP contribution in [0.25, 0.3) is 4.96 Å². The van der Waals surface area contributed by atoms with Crippen LogP contribution in [0.15, 0.2) is 6.20 Å². The Morgan fingerprint density at radius 1 is 1.38 bits per heavy atom. The third-order valence-electron chi connectivity index (χ3n) is 3.16. The molecule has 1 aliphatic heterocycles. The van der Waals surface area contributed by atoms with Crippen molar-refractivity contribution < 1.29 is 8.42 Å². The molecule has 21 heavy (non-hydrogen) atoms. The van der Waals surface area contributed by atoms with E-state index in [1.54, 1.807) is 20.6 Å². The first-order chi connectivity index (χ1) is 10.0. The molecule has 3 heterocycles. The minimum atomic E-state index is -3.16. The van der Waals surface area contributed by atoms with Crippen molar-refractivity contribution in [3.05, 3.63) is 11.9 Å². The predicted molar refractivity (Wildman–Crippen MR) is 86.8 cm³/mol. The van der Waals surface area contributed by atoms with Gasteiger partial charge in [-0.2, -0.15) is 11.8 Å². The average molecular weight is 347 g/mol. The van der Waals surface area contributed by atoms with Crippen molar-refractivity contribution in [3.8, 4) is 0 Å². The summed E-state index contributed by atoms with van der Waals surface area (Å²) < 4.78 is 27.7. The molecule has 7 nitrogen and oxygen atoms in total. The van der Waals surface area contributed by atoms with Crippen LogP contribution in [-0.2, 0) is 10.0 Å².